The minimum Gasteiger partial charge on any atom is -0.340 e. The quantitative estimate of drug-likeness (QED) is 0.540. The van der Waals surface area contributed by atoms with E-state index in [0.29, 0.717) is 4.32 Å². The van der Waals surface area contributed by atoms with Gasteiger partial charge < -0.3 is 5.32 Å². The molecule has 64 valence electrons. The van der Waals surface area contributed by atoms with Crippen molar-refractivity contribution in [2.75, 3.05) is 5.32 Å². The summed E-state index contributed by atoms with van der Waals surface area (Å²) in [6, 6.07) is 5.90. The van der Waals surface area contributed by atoms with Crippen molar-refractivity contribution < 1.29 is 4.39 Å². The van der Waals surface area contributed by atoms with Crippen molar-refractivity contribution in [2.45, 2.75) is 0 Å². The van der Waals surface area contributed by atoms with Gasteiger partial charge in [-0.2, -0.15) is 0 Å². The lowest BCUT2D eigenvalue weighted by atomic mass is 10.3. The normalized spacial score (nSPS) is 9.50. The first-order chi connectivity index (χ1) is 5.72. The van der Waals surface area contributed by atoms with E-state index in [0.717, 1.165) is 17.6 Å². The van der Waals surface area contributed by atoms with E-state index in [1.807, 2.05) is 0 Å². The molecule has 1 rings (SSSR count). The van der Waals surface area contributed by atoms with Gasteiger partial charge in [0.1, 0.15) is 5.82 Å². The number of thiocarbonyl (C=S) groups is 1. The lowest BCUT2D eigenvalue weighted by Crippen LogP contribution is -2.06. The summed E-state index contributed by atoms with van der Waals surface area (Å²) in [6.07, 6.45) is 0. The van der Waals surface area contributed by atoms with Crippen molar-refractivity contribution in [3.05, 3.63) is 30.1 Å². The molecule has 0 aliphatic heterocycles. The molecule has 1 aromatic rings. The molecule has 0 fully saturated rings. The van der Waals surface area contributed by atoms with Crippen LogP contribution in [-0.4, -0.2) is 4.32 Å². The lowest BCUT2D eigenvalue weighted by molar-refractivity contribution is 0.628. The number of hydrogen-bond donors (Lipinski definition) is 2. The molecule has 0 spiro atoms. The van der Waals surface area contributed by atoms with Gasteiger partial charge in [-0.25, -0.2) is 4.39 Å². The molecule has 0 unspecified atom stereocenters. The maximum absolute atomic E-state index is 12.4. The van der Waals surface area contributed by atoms with Gasteiger partial charge in [-0.05, 0) is 36.2 Å². The average molecular weight is 202 g/mol. The summed E-state index contributed by atoms with van der Waals surface area (Å²) < 4.78 is 12.9. The Kier molecular flexibility index (Phi) is 3.46. The van der Waals surface area contributed by atoms with Crippen molar-refractivity contribution in [2.24, 2.45) is 5.14 Å². The molecule has 3 N–H and O–H groups in total. The Labute approximate surface area is 79.5 Å². The highest BCUT2D eigenvalue weighted by Gasteiger charge is 1.95. The zero-order valence-corrected chi connectivity index (χ0v) is 7.71. The van der Waals surface area contributed by atoms with Gasteiger partial charge in [0.2, 0.25) is 0 Å². The zero-order valence-electron chi connectivity index (χ0n) is 6.08. The second-order valence-corrected chi connectivity index (χ2v) is 3.35. The number of hydrogen-bond acceptors (Lipinski definition) is 3. The summed E-state index contributed by atoms with van der Waals surface area (Å²) in [6.45, 7) is 0. The fourth-order valence-electron chi connectivity index (χ4n) is 0.681. The molecule has 12 heavy (non-hydrogen) atoms. The second-order valence-electron chi connectivity index (χ2n) is 2.04. The van der Waals surface area contributed by atoms with Gasteiger partial charge in [0.25, 0.3) is 0 Å². The first-order valence-corrected chi connectivity index (χ1v) is 4.44. The van der Waals surface area contributed by atoms with Crippen LogP contribution < -0.4 is 10.5 Å². The maximum atomic E-state index is 12.4. The number of rotatable bonds is 1. The summed E-state index contributed by atoms with van der Waals surface area (Å²) in [4.78, 5) is 0. The fourth-order valence-corrected chi connectivity index (χ4v) is 0.975. The third-order valence-corrected chi connectivity index (χ3v) is 1.90. The Balaban J connectivity index is 2.64. The molecule has 2 nitrogen and oxygen atoms in total. The van der Waals surface area contributed by atoms with Crippen LogP contribution in [0.5, 0.6) is 0 Å². The van der Waals surface area contributed by atoms with Crippen LogP contribution >= 0.6 is 24.2 Å². The predicted octanol–water partition coefficient (Wildman–Crippen LogP) is 2.13. The Morgan fingerprint density at radius 2 is 2.00 bits per heavy atom. The zero-order chi connectivity index (χ0) is 8.97. The molecule has 0 heterocycles. The van der Waals surface area contributed by atoms with Crippen LogP contribution in [0, 0.1) is 5.82 Å². The second kappa shape index (κ2) is 4.39. The topological polar surface area (TPSA) is 38.0 Å². The molecule has 0 radical (unpaired) electrons. The first-order valence-electron chi connectivity index (χ1n) is 3.15. The SMILES string of the molecule is NSC(=S)Nc1ccc(F)cc1. The Hall–Kier alpha value is -0.650. The summed E-state index contributed by atoms with van der Waals surface area (Å²) in [5, 5.41) is 8.01. The van der Waals surface area contributed by atoms with Crippen LogP contribution in [0.15, 0.2) is 24.3 Å². The highest BCUT2D eigenvalue weighted by atomic mass is 32.2. The smallest absolute Gasteiger partial charge is 0.153 e. The summed E-state index contributed by atoms with van der Waals surface area (Å²) in [5.74, 6) is -0.271. The van der Waals surface area contributed by atoms with E-state index >= 15 is 0 Å². The van der Waals surface area contributed by atoms with Crippen molar-refractivity contribution in [1.29, 1.82) is 0 Å². The minimum atomic E-state index is -0.271. The molecule has 1 aromatic carbocycles. The van der Waals surface area contributed by atoms with Crippen LogP contribution in [0.3, 0.4) is 0 Å². The largest absolute Gasteiger partial charge is 0.340 e. The third-order valence-electron chi connectivity index (χ3n) is 1.20. The van der Waals surface area contributed by atoms with Crippen LogP contribution in [-0.2, 0) is 0 Å². The summed E-state index contributed by atoms with van der Waals surface area (Å²) in [5.41, 5.74) is 0.736. The van der Waals surface area contributed by atoms with Crippen molar-refractivity contribution in [3.63, 3.8) is 0 Å². The third kappa shape index (κ3) is 2.77. The molecular weight excluding hydrogens is 195 g/mol. The molecule has 0 aliphatic rings. The van der Waals surface area contributed by atoms with Crippen molar-refractivity contribution in [3.8, 4) is 0 Å². The molecule has 0 saturated heterocycles. The van der Waals surface area contributed by atoms with E-state index in [1.54, 1.807) is 12.1 Å². The van der Waals surface area contributed by atoms with Gasteiger partial charge in [-0.15, -0.1) is 0 Å². The Morgan fingerprint density at radius 3 is 2.50 bits per heavy atom. The summed E-state index contributed by atoms with van der Waals surface area (Å²) >= 11 is 5.75. The molecule has 5 heteroatoms. The number of anilines is 1. The molecule has 0 atom stereocenters. The van der Waals surface area contributed by atoms with Crippen LogP contribution in [0.25, 0.3) is 0 Å². The standard InChI is InChI=1S/C7H7FN2S2/c8-5-1-3-6(4-2-5)10-7(11)12-9/h1-4H,9H2,(H,10,11). The van der Waals surface area contributed by atoms with Gasteiger partial charge in [0.05, 0.1) is 0 Å². The van der Waals surface area contributed by atoms with E-state index in [2.05, 4.69) is 5.32 Å². The Bertz CT molecular complexity index is 273. The van der Waals surface area contributed by atoms with Gasteiger partial charge in [0.15, 0.2) is 4.32 Å². The number of nitrogens with two attached hydrogens (primary N) is 1. The van der Waals surface area contributed by atoms with Gasteiger partial charge in [-0.3, -0.25) is 5.14 Å². The van der Waals surface area contributed by atoms with E-state index in [4.69, 9.17) is 17.4 Å². The van der Waals surface area contributed by atoms with E-state index in [9.17, 15) is 4.39 Å². The lowest BCUT2D eigenvalue weighted by Gasteiger charge is -2.03. The summed E-state index contributed by atoms with van der Waals surface area (Å²) in [7, 11) is 0. The monoisotopic (exact) mass is 202 g/mol. The van der Waals surface area contributed by atoms with Crippen LogP contribution in [0.4, 0.5) is 10.1 Å². The maximum Gasteiger partial charge on any atom is 0.153 e. The van der Waals surface area contributed by atoms with E-state index in [-0.39, 0.29) is 5.82 Å². The predicted molar refractivity (Wildman–Crippen MR) is 54.4 cm³/mol. The van der Waals surface area contributed by atoms with Gasteiger partial charge in [0, 0.05) is 5.69 Å². The average Bonchev–Trinajstić information content (AvgIpc) is 2.09. The van der Waals surface area contributed by atoms with Crippen molar-refractivity contribution in [1.82, 2.24) is 0 Å². The molecule has 0 saturated carbocycles. The number of benzene rings is 1. The van der Waals surface area contributed by atoms with Crippen LogP contribution in [0.2, 0.25) is 0 Å². The number of nitrogens with one attached hydrogen (secondary N) is 1. The van der Waals surface area contributed by atoms with Gasteiger partial charge >= 0.3 is 0 Å². The first kappa shape index (κ1) is 9.44. The highest BCUT2D eigenvalue weighted by Crippen LogP contribution is 2.09. The van der Waals surface area contributed by atoms with E-state index in [1.165, 1.54) is 12.1 Å². The Morgan fingerprint density at radius 1 is 1.42 bits per heavy atom. The minimum absolute atomic E-state index is 0.271. The molecular formula is C7H7FN2S2. The fraction of sp³-hybridized carbons (Fsp3) is 0. The van der Waals surface area contributed by atoms with Crippen LogP contribution in [0.1, 0.15) is 0 Å². The van der Waals surface area contributed by atoms with Gasteiger partial charge in [-0.1, -0.05) is 12.2 Å². The highest BCUT2D eigenvalue weighted by molar-refractivity contribution is 8.21. The van der Waals surface area contributed by atoms with E-state index < -0.39 is 0 Å². The molecule has 0 bridgehead atoms. The molecule has 0 aromatic heterocycles. The number of halogens is 1. The molecule has 0 aliphatic carbocycles. The van der Waals surface area contributed by atoms with Crippen molar-refractivity contribution >= 4 is 34.2 Å². The molecule has 0 amide bonds.